The molecule has 1 nitrogen and oxygen atoms in total. The smallest absolute Gasteiger partial charge is 0.0220 e. The zero-order valence-corrected chi connectivity index (χ0v) is 12.7. The highest BCUT2D eigenvalue weighted by Crippen LogP contribution is 2.27. The molecule has 94 valence electrons. The van der Waals surface area contributed by atoms with Gasteiger partial charge in [0.2, 0.25) is 0 Å². The van der Waals surface area contributed by atoms with Gasteiger partial charge in [0.1, 0.15) is 0 Å². The van der Waals surface area contributed by atoms with Gasteiger partial charge in [-0.3, -0.25) is 0 Å². The summed E-state index contributed by atoms with van der Waals surface area (Å²) in [5.74, 6) is 0. The molecule has 17 heavy (non-hydrogen) atoms. The van der Waals surface area contributed by atoms with Crippen molar-refractivity contribution in [3.05, 3.63) is 34.3 Å². The molecule has 0 amide bonds. The SMILES string of the molecule is CSC1CCC(NCc2ccccc2Br)CC1. The number of nitrogens with one attached hydrogen (secondary N) is 1. The number of hydrogen-bond donors (Lipinski definition) is 1. The lowest BCUT2D eigenvalue weighted by Gasteiger charge is -2.28. The minimum atomic E-state index is 0.713. The van der Waals surface area contributed by atoms with Crippen LogP contribution in [-0.2, 0) is 6.54 Å². The molecule has 2 rings (SSSR count). The molecule has 3 heteroatoms. The van der Waals surface area contributed by atoms with Crippen LogP contribution in [-0.4, -0.2) is 17.5 Å². The van der Waals surface area contributed by atoms with E-state index < -0.39 is 0 Å². The standard InChI is InChI=1S/C14H20BrNS/c1-17-13-8-6-12(7-9-13)16-10-11-4-2-3-5-14(11)15/h2-5,12-13,16H,6-10H2,1H3. The normalized spacial score (nSPS) is 24.8. The Morgan fingerprint density at radius 3 is 2.59 bits per heavy atom. The van der Waals surface area contributed by atoms with Crippen molar-refractivity contribution >= 4 is 27.7 Å². The van der Waals surface area contributed by atoms with Crippen LogP contribution in [0.4, 0.5) is 0 Å². The molecule has 1 aliphatic carbocycles. The molecule has 1 aromatic rings. The zero-order chi connectivity index (χ0) is 12.1. The van der Waals surface area contributed by atoms with E-state index in [0.717, 1.165) is 11.8 Å². The van der Waals surface area contributed by atoms with Crippen molar-refractivity contribution in [2.24, 2.45) is 0 Å². The molecule has 0 aromatic heterocycles. The maximum Gasteiger partial charge on any atom is 0.0220 e. The molecule has 0 bridgehead atoms. The second-order valence-corrected chi connectivity index (χ2v) is 6.67. The summed E-state index contributed by atoms with van der Waals surface area (Å²) in [4.78, 5) is 0. The van der Waals surface area contributed by atoms with Gasteiger partial charge in [-0.05, 0) is 43.6 Å². The molecule has 0 spiro atoms. The molecule has 0 saturated heterocycles. The molecule has 1 aromatic carbocycles. The molecule has 0 heterocycles. The number of benzene rings is 1. The molecule has 1 fully saturated rings. The lowest BCUT2D eigenvalue weighted by molar-refractivity contribution is 0.378. The second kappa shape index (κ2) is 6.81. The predicted octanol–water partition coefficient (Wildman–Crippen LogP) is 4.21. The van der Waals surface area contributed by atoms with Crippen molar-refractivity contribution in [2.75, 3.05) is 6.26 Å². The first-order valence-electron chi connectivity index (χ1n) is 6.29. The average molecular weight is 314 g/mol. The highest BCUT2D eigenvalue weighted by atomic mass is 79.9. The van der Waals surface area contributed by atoms with Crippen molar-refractivity contribution in [2.45, 2.75) is 43.5 Å². The second-order valence-electron chi connectivity index (χ2n) is 4.68. The summed E-state index contributed by atoms with van der Waals surface area (Å²) in [6, 6.07) is 9.18. The largest absolute Gasteiger partial charge is 0.310 e. The predicted molar refractivity (Wildman–Crippen MR) is 80.5 cm³/mol. The van der Waals surface area contributed by atoms with E-state index in [4.69, 9.17) is 0 Å². The lowest BCUT2D eigenvalue weighted by Crippen LogP contribution is -2.33. The van der Waals surface area contributed by atoms with Crippen LogP contribution in [0.15, 0.2) is 28.7 Å². The van der Waals surface area contributed by atoms with E-state index in [0.29, 0.717) is 6.04 Å². The van der Waals surface area contributed by atoms with Gasteiger partial charge in [-0.1, -0.05) is 34.1 Å². The summed E-state index contributed by atoms with van der Waals surface area (Å²) < 4.78 is 1.21. The van der Waals surface area contributed by atoms with Crippen molar-refractivity contribution < 1.29 is 0 Å². The Morgan fingerprint density at radius 2 is 1.94 bits per heavy atom. The van der Waals surface area contributed by atoms with Gasteiger partial charge in [0.25, 0.3) is 0 Å². The summed E-state index contributed by atoms with van der Waals surface area (Å²) in [7, 11) is 0. The Hall–Kier alpha value is 0.01000. The average Bonchev–Trinajstić information content (AvgIpc) is 2.38. The maximum atomic E-state index is 3.68. The first-order valence-corrected chi connectivity index (χ1v) is 8.37. The Kier molecular flexibility index (Phi) is 5.39. The zero-order valence-electron chi connectivity index (χ0n) is 10.3. The van der Waals surface area contributed by atoms with Crippen LogP contribution < -0.4 is 5.32 Å². The van der Waals surface area contributed by atoms with Gasteiger partial charge in [-0.2, -0.15) is 11.8 Å². The molecule has 0 unspecified atom stereocenters. The monoisotopic (exact) mass is 313 g/mol. The number of halogens is 1. The number of thioether (sulfide) groups is 1. The summed E-state index contributed by atoms with van der Waals surface area (Å²) in [5, 5.41) is 4.58. The fourth-order valence-electron chi connectivity index (χ4n) is 2.40. The quantitative estimate of drug-likeness (QED) is 0.893. The van der Waals surface area contributed by atoms with E-state index in [9.17, 15) is 0 Å². The Balaban J connectivity index is 1.78. The fraction of sp³-hybridized carbons (Fsp3) is 0.571. The maximum absolute atomic E-state index is 3.68. The van der Waals surface area contributed by atoms with E-state index in [2.05, 4.69) is 51.8 Å². The summed E-state index contributed by atoms with van der Waals surface area (Å²) in [6.45, 7) is 0.982. The first kappa shape index (κ1) is 13.4. The highest BCUT2D eigenvalue weighted by molar-refractivity contribution is 9.10. The van der Waals surface area contributed by atoms with E-state index in [1.165, 1.54) is 35.7 Å². The van der Waals surface area contributed by atoms with Gasteiger partial charge in [0.05, 0.1) is 0 Å². The molecule has 0 radical (unpaired) electrons. The number of rotatable bonds is 4. The van der Waals surface area contributed by atoms with Crippen LogP contribution in [0.2, 0.25) is 0 Å². The minimum Gasteiger partial charge on any atom is -0.310 e. The Labute approximate surface area is 117 Å². The Bertz CT molecular complexity index is 348. The van der Waals surface area contributed by atoms with Gasteiger partial charge in [0.15, 0.2) is 0 Å². The van der Waals surface area contributed by atoms with E-state index in [1.807, 2.05) is 11.8 Å². The fourth-order valence-corrected chi connectivity index (χ4v) is 3.57. The van der Waals surface area contributed by atoms with Gasteiger partial charge in [-0.25, -0.2) is 0 Å². The number of hydrogen-bond acceptors (Lipinski definition) is 2. The van der Waals surface area contributed by atoms with Gasteiger partial charge in [0, 0.05) is 22.3 Å². The highest BCUT2D eigenvalue weighted by Gasteiger charge is 2.19. The molecular weight excluding hydrogens is 294 g/mol. The molecule has 1 aliphatic rings. The third-order valence-corrected chi connectivity index (χ3v) is 5.46. The van der Waals surface area contributed by atoms with Crippen molar-refractivity contribution in [3.63, 3.8) is 0 Å². The third-order valence-electron chi connectivity index (χ3n) is 3.55. The van der Waals surface area contributed by atoms with E-state index in [1.54, 1.807) is 0 Å². The topological polar surface area (TPSA) is 12.0 Å². The minimum absolute atomic E-state index is 0.713. The van der Waals surface area contributed by atoms with Crippen LogP contribution >= 0.6 is 27.7 Å². The lowest BCUT2D eigenvalue weighted by atomic mass is 9.95. The van der Waals surface area contributed by atoms with Gasteiger partial charge in [-0.15, -0.1) is 0 Å². The summed E-state index contributed by atoms with van der Waals surface area (Å²) in [5.41, 5.74) is 1.36. The van der Waals surface area contributed by atoms with Gasteiger partial charge < -0.3 is 5.32 Å². The van der Waals surface area contributed by atoms with Crippen molar-refractivity contribution in [1.29, 1.82) is 0 Å². The van der Waals surface area contributed by atoms with Crippen LogP contribution in [0.5, 0.6) is 0 Å². The third kappa shape index (κ3) is 4.01. The molecular formula is C14H20BrNS. The van der Waals surface area contributed by atoms with E-state index >= 15 is 0 Å². The van der Waals surface area contributed by atoms with Crippen LogP contribution in [0.3, 0.4) is 0 Å². The van der Waals surface area contributed by atoms with E-state index in [-0.39, 0.29) is 0 Å². The summed E-state index contributed by atoms with van der Waals surface area (Å²) in [6.07, 6.45) is 7.63. The van der Waals surface area contributed by atoms with Crippen molar-refractivity contribution in [1.82, 2.24) is 5.32 Å². The van der Waals surface area contributed by atoms with Crippen LogP contribution in [0.1, 0.15) is 31.2 Å². The summed E-state index contributed by atoms with van der Waals surface area (Å²) >= 11 is 5.63. The molecule has 1 N–H and O–H groups in total. The Morgan fingerprint density at radius 1 is 1.24 bits per heavy atom. The van der Waals surface area contributed by atoms with Crippen LogP contribution in [0, 0.1) is 0 Å². The van der Waals surface area contributed by atoms with Gasteiger partial charge >= 0.3 is 0 Å². The molecule has 0 atom stereocenters. The van der Waals surface area contributed by atoms with Crippen LogP contribution in [0.25, 0.3) is 0 Å². The molecule has 0 aliphatic heterocycles. The van der Waals surface area contributed by atoms with Crippen molar-refractivity contribution in [3.8, 4) is 0 Å². The first-order chi connectivity index (χ1) is 8.29. The molecule has 1 saturated carbocycles.